The number of hydrogen-bond acceptors (Lipinski definition) is 8. The maximum Gasteiger partial charge on any atom is 0.295 e. The van der Waals surface area contributed by atoms with Gasteiger partial charge in [-0.1, -0.05) is 12.1 Å². The quantitative estimate of drug-likeness (QED) is 0.415. The molecule has 0 spiro atoms. The number of hydrazone groups is 1. The number of anilines is 1. The van der Waals surface area contributed by atoms with Gasteiger partial charge in [0, 0.05) is 24.7 Å². The lowest BCUT2D eigenvalue weighted by atomic mass is 10.1. The van der Waals surface area contributed by atoms with Gasteiger partial charge in [0.2, 0.25) is 10.0 Å². The minimum Gasteiger partial charge on any atom is -0.507 e. The highest BCUT2D eigenvalue weighted by atomic mass is 32.2. The fraction of sp³-hybridized carbons (Fsp3) is 0.278. The summed E-state index contributed by atoms with van der Waals surface area (Å²) in [6.45, 7) is 2.58. The molecule has 0 aromatic heterocycles. The molecule has 1 fully saturated rings. The molecule has 29 heavy (non-hydrogen) atoms. The van der Waals surface area contributed by atoms with Crippen molar-refractivity contribution >= 4 is 27.1 Å². The first-order valence-corrected chi connectivity index (χ1v) is 10.2. The number of phenols is 1. The smallest absolute Gasteiger partial charge is 0.295 e. The van der Waals surface area contributed by atoms with Crippen LogP contribution in [0.2, 0.25) is 0 Å². The fourth-order valence-corrected chi connectivity index (χ4v) is 4.27. The van der Waals surface area contributed by atoms with Crippen LogP contribution >= 0.6 is 0 Å². The lowest BCUT2D eigenvalue weighted by molar-refractivity contribution is -0.384. The van der Waals surface area contributed by atoms with Crippen molar-refractivity contribution in [2.24, 2.45) is 5.10 Å². The molecule has 0 unspecified atom stereocenters. The number of nitro groups is 1. The highest BCUT2D eigenvalue weighted by Gasteiger charge is 2.28. The Kier molecular flexibility index (Phi) is 6.11. The van der Waals surface area contributed by atoms with E-state index in [1.54, 1.807) is 25.1 Å². The molecule has 3 rings (SSSR count). The predicted octanol–water partition coefficient (Wildman–Crippen LogP) is 2.16. The standard InChI is InChI=1S/C18H20N4O6S/c1-13(15-4-2-3-5-18(15)23)19-20-16-7-6-14(12-17(16)22(24)25)29(26,27)21-8-10-28-11-9-21/h2-7,12,20,23H,8-11H2,1H3/b19-13+. The Labute approximate surface area is 167 Å². The molecule has 1 heterocycles. The van der Waals surface area contributed by atoms with Gasteiger partial charge in [0.1, 0.15) is 11.4 Å². The third-order valence-electron chi connectivity index (χ3n) is 4.41. The van der Waals surface area contributed by atoms with Crippen LogP contribution in [-0.4, -0.2) is 54.8 Å². The third kappa shape index (κ3) is 4.53. The van der Waals surface area contributed by atoms with Crippen molar-refractivity contribution in [2.45, 2.75) is 11.8 Å². The van der Waals surface area contributed by atoms with Crippen LogP contribution in [0.25, 0.3) is 0 Å². The second kappa shape index (κ2) is 8.55. The topological polar surface area (TPSA) is 134 Å². The van der Waals surface area contributed by atoms with Gasteiger partial charge in [-0.3, -0.25) is 15.5 Å². The Morgan fingerprint density at radius 1 is 1.24 bits per heavy atom. The predicted molar refractivity (Wildman–Crippen MR) is 107 cm³/mol. The van der Waals surface area contributed by atoms with Crippen molar-refractivity contribution in [1.82, 2.24) is 4.31 Å². The van der Waals surface area contributed by atoms with Gasteiger partial charge >= 0.3 is 0 Å². The highest BCUT2D eigenvalue weighted by Crippen LogP contribution is 2.29. The van der Waals surface area contributed by atoms with Crippen LogP contribution in [0.5, 0.6) is 5.75 Å². The number of nitrogens with zero attached hydrogens (tertiary/aromatic N) is 3. The van der Waals surface area contributed by atoms with E-state index in [9.17, 15) is 23.6 Å². The van der Waals surface area contributed by atoms with Gasteiger partial charge in [-0.2, -0.15) is 9.41 Å². The van der Waals surface area contributed by atoms with Crippen LogP contribution in [0.4, 0.5) is 11.4 Å². The number of morpholine rings is 1. The molecule has 154 valence electrons. The molecule has 0 aliphatic carbocycles. The molecule has 11 heteroatoms. The van der Waals surface area contributed by atoms with Crippen molar-refractivity contribution in [3.05, 3.63) is 58.1 Å². The van der Waals surface area contributed by atoms with Crippen LogP contribution in [0.15, 0.2) is 52.5 Å². The number of hydrogen-bond donors (Lipinski definition) is 2. The van der Waals surface area contributed by atoms with E-state index in [4.69, 9.17) is 4.74 Å². The van der Waals surface area contributed by atoms with E-state index in [2.05, 4.69) is 10.5 Å². The normalized spacial score (nSPS) is 15.8. The molecule has 0 atom stereocenters. The van der Waals surface area contributed by atoms with Crippen LogP contribution in [-0.2, 0) is 14.8 Å². The van der Waals surface area contributed by atoms with E-state index in [0.717, 1.165) is 6.07 Å². The zero-order valence-electron chi connectivity index (χ0n) is 15.6. The summed E-state index contributed by atoms with van der Waals surface area (Å²) < 4.78 is 31.9. The second-order valence-electron chi connectivity index (χ2n) is 6.28. The Morgan fingerprint density at radius 3 is 2.59 bits per heavy atom. The third-order valence-corrected chi connectivity index (χ3v) is 6.31. The van der Waals surface area contributed by atoms with E-state index >= 15 is 0 Å². The number of para-hydroxylation sites is 1. The van der Waals surface area contributed by atoms with Crippen molar-refractivity contribution in [1.29, 1.82) is 0 Å². The summed E-state index contributed by atoms with van der Waals surface area (Å²) in [5.41, 5.74) is 3.07. The maximum absolute atomic E-state index is 12.7. The molecular formula is C18H20N4O6S. The van der Waals surface area contributed by atoms with Crippen molar-refractivity contribution in [3.63, 3.8) is 0 Å². The summed E-state index contributed by atoms with van der Waals surface area (Å²) in [7, 11) is -3.86. The van der Waals surface area contributed by atoms with Crippen LogP contribution < -0.4 is 5.43 Å². The lowest BCUT2D eigenvalue weighted by Gasteiger charge is -2.26. The molecule has 10 nitrogen and oxygen atoms in total. The molecule has 1 aliphatic heterocycles. The van der Waals surface area contributed by atoms with E-state index in [1.165, 1.54) is 22.5 Å². The average molecular weight is 420 g/mol. The molecule has 0 amide bonds. The zero-order chi connectivity index (χ0) is 21.0. The number of sulfonamides is 1. The van der Waals surface area contributed by atoms with Crippen LogP contribution in [0.3, 0.4) is 0 Å². The summed E-state index contributed by atoms with van der Waals surface area (Å²) in [5.74, 6) is 0.0250. The molecule has 1 aliphatic rings. The van der Waals surface area contributed by atoms with Crippen molar-refractivity contribution in [2.75, 3.05) is 31.7 Å². The summed E-state index contributed by atoms with van der Waals surface area (Å²) in [4.78, 5) is 10.7. The number of rotatable bonds is 6. The second-order valence-corrected chi connectivity index (χ2v) is 8.22. The summed E-state index contributed by atoms with van der Waals surface area (Å²) in [6, 6.07) is 10.2. The minimum absolute atomic E-state index is 0.0250. The van der Waals surface area contributed by atoms with Gasteiger partial charge < -0.3 is 9.84 Å². The number of aromatic hydroxyl groups is 1. The maximum atomic E-state index is 12.7. The lowest BCUT2D eigenvalue weighted by Crippen LogP contribution is -2.40. The van der Waals surface area contributed by atoms with Gasteiger partial charge in [0.25, 0.3) is 5.69 Å². The van der Waals surface area contributed by atoms with E-state index in [1.807, 2.05) is 0 Å². The van der Waals surface area contributed by atoms with E-state index < -0.39 is 20.6 Å². The number of benzene rings is 2. The first-order valence-electron chi connectivity index (χ1n) is 8.75. The van der Waals surface area contributed by atoms with E-state index in [0.29, 0.717) is 11.3 Å². The van der Waals surface area contributed by atoms with Gasteiger partial charge in [-0.15, -0.1) is 0 Å². The molecule has 1 saturated heterocycles. The Bertz CT molecular complexity index is 1050. The first-order chi connectivity index (χ1) is 13.8. The van der Waals surface area contributed by atoms with Crippen molar-refractivity contribution < 1.29 is 23.2 Å². The average Bonchev–Trinajstić information content (AvgIpc) is 2.72. The van der Waals surface area contributed by atoms with Crippen LogP contribution in [0, 0.1) is 10.1 Å². The summed E-state index contributed by atoms with van der Waals surface area (Å²) >= 11 is 0. The fourth-order valence-electron chi connectivity index (χ4n) is 2.84. The molecule has 2 N–H and O–H groups in total. The number of ether oxygens (including phenoxy) is 1. The Morgan fingerprint density at radius 2 is 1.93 bits per heavy atom. The number of nitrogens with one attached hydrogen (secondary N) is 1. The summed E-state index contributed by atoms with van der Waals surface area (Å²) in [6.07, 6.45) is 0. The molecule has 0 radical (unpaired) electrons. The van der Waals surface area contributed by atoms with Crippen molar-refractivity contribution in [3.8, 4) is 5.75 Å². The highest BCUT2D eigenvalue weighted by molar-refractivity contribution is 7.89. The number of nitro benzene ring substituents is 1. The largest absolute Gasteiger partial charge is 0.507 e. The monoisotopic (exact) mass is 420 g/mol. The SMILES string of the molecule is C/C(=N\Nc1ccc(S(=O)(=O)N2CCOCC2)cc1[N+](=O)[O-])c1ccccc1O. The Hall–Kier alpha value is -3.02. The van der Waals surface area contributed by atoms with Gasteiger partial charge in [-0.05, 0) is 31.2 Å². The molecule has 2 aromatic carbocycles. The minimum atomic E-state index is -3.86. The van der Waals surface area contributed by atoms with Gasteiger partial charge in [0.05, 0.1) is 28.7 Å². The van der Waals surface area contributed by atoms with Gasteiger partial charge in [0.15, 0.2) is 0 Å². The van der Waals surface area contributed by atoms with Crippen LogP contribution in [0.1, 0.15) is 12.5 Å². The van der Waals surface area contributed by atoms with Gasteiger partial charge in [-0.25, -0.2) is 8.42 Å². The molecule has 0 bridgehead atoms. The van der Waals surface area contributed by atoms with E-state index in [-0.39, 0.29) is 42.6 Å². The summed E-state index contributed by atoms with van der Waals surface area (Å²) in [5, 5.41) is 25.4. The Balaban J connectivity index is 1.90. The molecule has 2 aromatic rings. The zero-order valence-corrected chi connectivity index (χ0v) is 16.4. The molecular weight excluding hydrogens is 400 g/mol. The molecule has 0 saturated carbocycles. The first kappa shape index (κ1) is 20.7. The number of phenolic OH excluding ortho intramolecular Hbond substituents is 1.